The maximum Gasteiger partial charge on any atom is 0.243 e. The monoisotopic (exact) mass is 420 g/mol. The lowest BCUT2D eigenvalue weighted by atomic mass is 10.0. The molecule has 0 saturated carbocycles. The van der Waals surface area contributed by atoms with Gasteiger partial charge in [-0.15, -0.1) is 0 Å². The number of hydrogen-bond donors (Lipinski definition) is 2. The van der Waals surface area contributed by atoms with Crippen LogP contribution in [-0.4, -0.2) is 37.4 Å². The number of nitrogens with one attached hydrogen (secondary N) is 1. The molecule has 0 aromatic heterocycles. The lowest BCUT2D eigenvalue weighted by molar-refractivity contribution is -0.116. The van der Waals surface area contributed by atoms with Gasteiger partial charge < -0.3 is 4.74 Å². The van der Waals surface area contributed by atoms with E-state index in [1.54, 1.807) is 28.6 Å². The molecule has 2 aromatic rings. The molecule has 2 aromatic carbocycles. The molecule has 1 aliphatic rings. The number of benzene rings is 2. The van der Waals surface area contributed by atoms with Gasteiger partial charge in [0.25, 0.3) is 0 Å². The lowest BCUT2D eigenvalue weighted by Crippen LogP contribution is -2.37. The number of nitrogens with zero attached hydrogens (tertiary/aromatic N) is 1. The molecule has 1 amide bonds. The van der Waals surface area contributed by atoms with Gasteiger partial charge in [0.1, 0.15) is 12.4 Å². The highest BCUT2D eigenvalue weighted by atomic mass is 32.2. The van der Waals surface area contributed by atoms with E-state index in [1.165, 1.54) is 11.0 Å². The van der Waals surface area contributed by atoms with Crippen molar-refractivity contribution in [2.75, 3.05) is 13.1 Å². The molecule has 1 fully saturated rings. The first-order valence-corrected chi connectivity index (χ1v) is 10.9. The van der Waals surface area contributed by atoms with Crippen molar-refractivity contribution < 1.29 is 23.2 Å². The summed E-state index contributed by atoms with van der Waals surface area (Å²) in [5.74, 6) is 1.28. The van der Waals surface area contributed by atoms with Gasteiger partial charge in [-0.3, -0.25) is 10.0 Å². The topological polar surface area (TPSA) is 95.9 Å². The summed E-state index contributed by atoms with van der Waals surface area (Å²) in [6, 6.07) is 14.8. The van der Waals surface area contributed by atoms with Crippen LogP contribution in [0, 0.1) is 12.8 Å². The fourth-order valence-corrected chi connectivity index (χ4v) is 4.48. The van der Waals surface area contributed by atoms with Crippen molar-refractivity contribution in [1.29, 1.82) is 0 Å². The summed E-state index contributed by atoms with van der Waals surface area (Å²) < 4.78 is 32.8. The Morgan fingerprint density at radius 2 is 1.72 bits per heavy atom. The summed E-state index contributed by atoms with van der Waals surface area (Å²) in [6.07, 6.45) is 2.04. The third-order valence-electron chi connectivity index (χ3n) is 4.91. The molecule has 0 spiro atoms. The number of rotatable bonds is 6. The van der Waals surface area contributed by atoms with E-state index in [0.717, 1.165) is 18.4 Å². The van der Waals surface area contributed by atoms with Gasteiger partial charge in [0.2, 0.25) is 16.4 Å². The number of piperidine rings is 1. The van der Waals surface area contributed by atoms with Crippen molar-refractivity contribution in [1.82, 2.24) is 9.79 Å². The summed E-state index contributed by atoms with van der Waals surface area (Å²) in [5, 5.41) is 7.26. The minimum absolute atomic E-state index is 0.181. The van der Waals surface area contributed by atoms with E-state index in [0.29, 0.717) is 36.3 Å². The van der Waals surface area contributed by atoms with E-state index in [-0.39, 0.29) is 6.41 Å². The number of carbonyl (C=O) groups excluding carboxylic acids is 1. The highest BCUT2D eigenvalue weighted by Crippen LogP contribution is 2.25. The quantitative estimate of drug-likeness (QED) is 0.425. The van der Waals surface area contributed by atoms with Gasteiger partial charge >= 0.3 is 0 Å². The van der Waals surface area contributed by atoms with E-state index >= 15 is 0 Å². The van der Waals surface area contributed by atoms with Crippen LogP contribution in [0.4, 0.5) is 0 Å². The Labute approximate surface area is 172 Å². The minimum Gasteiger partial charge on any atom is -0.489 e. The molecule has 1 aliphatic heterocycles. The summed E-state index contributed by atoms with van der Waals surface area (Å²) in [5.41, 5.74) is 3.56. The molecule has 3 rings (SSSR count). The largest absolute Gasteiger partial charge is 0.489 e. The number of carbonyl (C=O) groups is 1. The Balaban J connectivity index is 0.000000687. The molecule has 29 heavy (non-hydrogen) atoms. The predicted octanol–water partition coefficient (Wildman–Crippen LogP) is 3.12. The van der Waals surface area contributed by atoms with Gasteiger partial charge in [0.05, 0.1) is 4.90 Å². The number of hydrogen-bond acceptors (Lipinski definition) is 5. The zero-order valence-electron chi connectivity index (χ0n) is 16.7. The Morgan fingerprint density at radius 1 is 1.14 bits per heavy atom. The number of aryl methyl sites for hydroxylation is 1. The van der Waals surface area contributed by atoms with Crippen LogP contribution in [-0.2, 0) is 21.4 Å². The molecule has 8 heteroatoms. The van der Waals surface area contributed by atoms with Crippen molar-refractivity contribution in [3.05, 3.63) is 59.7 Å². The minimum atomic E-state index is -3.40. The number of sulfonamides is 1. The maximum absolute atomic E-state index is 12.7. The summed E-state index contributed by atoms with van der Waals surface area (Å²) in [7, 11) is -3.40. The summed E-state index contributed by atoms with van der Waals surface area (Å²) in [6.45, 7) is 5.91. The van der Waals surface area contributed by atoms with Crippen LogP contribution in [0.5, 0.6) is 5.75 Å². The third-order valence-corrected chi connectivity index (χ3v) is 6.83. The zero-order valence-corrected chi connectivity index (χ0v) is 17.6. The maximum atomic E-state index is 12.7. The highest BCUT2D eigenvalue weighted by molar-refractivity contribution is 7.89. The van der Waals surface area contributed by atoms with Crippen LogP contribution in [0.25, 0.3) is 0 Å². The first kappa shape index (κ1) is 22.9. The van der Waals surface area contributed by atoms with Crippen LogP contribution in [0.1, 0.15) is 30.9 Å². The van der Waals surface area contributed by atoms with Crippen LogP contribution in [0.2, 0.25) is 0 Å². The Morgan fingerprint density at radius 3 is 2.28 bits per heavy atom. The fourth-order valence-electron chi connectivity index (χ4n) is 3.02. The zero-order chi connectivity index (χ0) is 21.3. The average Bonchev–Trinajstić information content (AvgIpc) is 2.74. The second-order valence-electron chi connectivity index (χ2n) is 7.02. The van der Waals surface area contributed by atoms with Crippen molar-refractivity contribution in [3.8, 4) is 5.75 Å². The first-order chi connectivity index (χ1) is 13.9. The number of hydroxylamine groups is 1. The molecule has 0 bridgehead atoms. The van der Waals surface area contributed by atoms with Gasteiger partial charge in [0, 0.05) is 13.1 Å². The standard InChI is InChI=1S/C20H25NO3S.CH3NO2/c1-16-11-13-21(14-12-16)25(22,23)20-9-7-19(8-10-20)24-15-18-6-4-3-5-17(18)2;3-1-2-4/h3-10,16H,11-15H2,1-2H3;1,4H,(H,2,3). The molecule has 0 radical (unpaired) electrons. The molecule has 158 valence electrons. The van der Waals surface area contributed by atoms with Crippen LogP contribution < -0.4 is 10.2 Å². The molecule has 0 atom stereocenters. The normalized spacial score (nSPS) is 15.1. The molecular weight excluding hydrogens is 392 g/mol. The van der Waals surface area contributed by atoms with Gasteiger partial charge in [-0.05, 0) is 61.1 Å². The SMILES string of the molecule is Cc1ccccc1COc1ccc(S(=O)(=O)N2CCC(C)CC2)cc1.O=CNO. The summed E-state index contributed by atoms with van der Waals surface area (Å²) in [4.78, 5) is 9.15. The molecule has 1 heterocycles. The highest BCUT2D eigenvalue weighted by Gasteiger charge is 2.27. The second-order valence-corrected chi connectivity index (χ2v) is 8.96. The predicted molar refractivity (Wildman–Crippen MR) is 110 cm³/mol. The molecule has 7 nitrogen and oxygen atoms in total. The van der Waals surface area contributed by atoms with Gasteiger partial charge in [-0.2, -0.15) is 4.31 Å². The van der Waals surface area contributed by atoms with Crippen LogP contribution >= 0.6 is 0 Å². The number of amides is 1. The van der Waals surface area contributed by atoms with Gasteiger partial charge in [0.15, 0.2) is 0 Å². The molecule has 0 aliphatic carbocycles. The van der Waals surface area contributed by atoms with Crippen LogP contribution in [0.3, 0.4) is 0 Å². The summed E-state index contributed by atoms with van der Waals surface area (Å²) >= 11 is 0. The molecule has 0 unspecified atom stereocenters. The van der Waals surface area contributed by atoms with Crippen molar-refractivity contribution in [3.63, 3.8) is 0 Å². The molecule has 1 saturated heterocycles. The van der Waals surface area contributed by atoms with E-state index in [2.05, 4.69) is 6.92 Å². The number of ether oxygens (including phenoxy) is 1. The van der Waals surface area contributed by atoms with E-state index in [4.69, 9.17) is 14.7 Å². The first-order valence-electron chi connectivity index (χ1n) is 9.49. The average molecular weight is 421 g/mol. The second kappa shape index (κ2) is 10.9. The fraction of sp³-hybridized carbons (Fsp3) is 0.381. The Hall–Kier alpha value is -2.42. The van der Waals surface area contributed by atoms with Crippen LogP contribution in [0.15, 0.2) is 53.4 Å². The van der Waals surface area contributed by atoms with E-state index in [9.17, 15) is 8.42 Å². The van der Waals surface area contributed by atoms with Gasteiger partial charge in [-0.25, -0.2) is 13.9 Å². The molecule has 2 N–H and O–H groups in total. The van der Waals surface area contributed by atoms with E-state index in [1.807, 2.05) is 31.2 Å². The Bertz CT molecular complexity index is 876. The van der Waals surface area contributed by atoms with Gasteiger partial charge in [-0.1, -0.05) is 31.2 Å². The molecular formula is C21H28N2O5S. The Kier molecular flexibility index (Phi) is 8.63. The third kappa shape index (κ3) is 6.56. The van der Waals surface area contributed by atoms with Crippen molar-refractivity contribution in [2.24, 2.45) is 5.92 Å². The van der Waals surface area contributed by atoms with Crippen molar-refractivity contribution in [2.45, 2.75) is 38.2 Å². The lowest BCUT2D eigenvalue weighted by Gasteiger charge is -2.29. The van der Waals surface area contributed by atoms with E-state index < -0.39 is 10.0 Å². The van der Waals surface area contributed by atoms with Crippen molar-refractivity contribution >= 4 is 16.4 Å². The smallest absolute Gasteiger partial charge is 0.243 e.